The van der Waals surface area contributed by atoms with Gasteiger partial charge in [0, 0.05) is 50.7 Å². The van der Waals surface area contributed by atoms with Crippen LogP contribution >= 0.6 is 15.9 Å². The number of likely N-dealkylation sites (tertiary alicyclic amines) is 1. The van der Waals surface area contributed by atoms with Crippen LogP contribution in [0.5, 0.6) is 0 Å². The first-order valence-electron chi connectivity index (χ1n) is 7.79. The van der Waals surface area contributed by atoms with E-state index in [1.165, 1.54) is 6.07 Å². The largest absolute Gasteiger partial charge is 0.341 e. The van der Waals surface area contributed by atoms with E-state index in [9.17, 15) is 4.39 Å². The molecule has 0 saturated carbocycles. The monoisotopic (exact) mass is 378 g/mol. The Morgan fingerprint density at radius 1 is 1.22 bits per heavy atom. The summed E-state index contributed by atoms with van der Waals surface area (Å²) in [5.41, 5.74) is 0.774. The molecule has 1 aromatic heterocycles. The Morgan fingerprint density at radius 3 is 2.52 bits per heavy atom. The van der Waals surface area contributed by atoms with Crippen molar-refractivity contribution in [1.82, 2.24) is 14.9 Å². The number of halogens is 2. The number of piperidine rings is 1. The molecule has 3 rings (SSSR count). The average Bonchev–Trinajstić information content (AvgIpc) is 2.58. The van der Waals surface area contributed by atoms with Gasteiger partial charge in [0.1, 0.15) is 5.82 Å². The van der Waals surface area contributed by atoms with Gasteiger partial charge in [-0.2, -0.15) is 0 Å². The molecule has 6 heteroatoms. The first-order chi connectivity index (χ1) is 11.1. The molecule has 23 heavy (non-hydrogen) atoms. The van der Waals surface area contributed by atoms with Gasteiger partial charge in [-0.05, 0) is 34.8 Å². The minimum Gasteiger partial charge on any atom is -0.341 e. The van der Waals surface area contributed by atoms with E-state index in [1.807, 2.05) is 19.2 Å². The highest BCUT2D eigenvalue weighted by Crippen LogP contribution is 2.21. The molecule has 1 aliphatic heterocycles. The van der Waals surface area contributed by atoms with Crippen LogP contribution in [0, 0.1) is 5.82 Å². The Hall–Kier alpha value is -1.53. The summed E-state index contributed by atoms with van der Waals surface area (Å²) in [6.45, 7) is 2.59. The fourth-order valence-electron chi connectivity index (χ4n) is 2.98. The molecule has 0 amide bonds. The number of hydrogen-bond donors (Lipinski definition) is 0. The van der Waals surface area contributed by atoms with Crippen molar-refractivity contribution < 1.29 is 4.39 Å². The van der Waals surface area contributed by atoms with Crippen molar-refractivity contribution >= 4 is 21.9 Å². The van der Waals surface area contributed by atoms with Crippen molar-refractivity contribution in [3.8, 4) is 0 Å². The highest BCUT2D eigenvalue weighted by atomic mass is 79.9. The molecular formula is C17H20BrFN4. The van der Waals surface area contributed by atoms with Gasteiger partial charge in [-0.3, -0.25) is 4.90 Å². The second-order valence-electron chi connectivity index (χ2n) is 5.91. The minimum atomic E-state index is -0.116. The summed E-state index contributed by atoms with van der Waals surface area (Å²) < 4.78 is 14.6. The molecule has 0 unspecified atom stereocenters. The van der Waals surface area contributed by atoms with Crippen LogP contribution in [-0.4, -0.2) is 41.0 Å². The van der Waals surface area contributed by atoms with Crippen LogP contribution in [0.3, 0.4) is 0 Å². The lowest BCUT2D eigenvalue weighted by molar-refractivity contribution is 0.200. The number of anilines is 1. The number of aromatic nitrogens is 2. The van der Waals surface area contributed by atoms with Crippen molar-refractivity contribution in [2.24, 2.45) is 0 Å². The molecule has 0 radical (unpaired) electrons. The summed E-state index contributed by atoms with van der Waals surface area (Å²) in [6.07, 6.45) is 5.60. The zero-order valence-corrected chi connectivity index (χ0v) is 14.7. The summed E-state index contributed by atoms with van der Waals surface area (Å²) in [5, 5.41) is 0. The van der Waals surface area contributed by atoms with E-state index >= 15 is 0 Å². The molecule has 1 aliphatic rings. The van der Waals surface area contributed by atoms with E-state index in [2.05, 4.69) is 35.7 Å². The number of rotatable bonds is 4. The maximum atomic E-state index is 13.7. The Kier molecular flexibility index (Phi) is 5.23. The van der Waals surface area contributed by atoms with E-state index in [-0.39, 0.29) is 5.82 Å². The van der Waals surface area contributed by atoms with Crippen LogP contribution in [-0.2, 0) is 6.54 Å². The lowest BCUT2D eigenvalue weighted by atomic mass is 10.0. The van der Waals surface area contributed by atoms with Crippen molar-refractivity contribution in [1.29, 1.82) is 0 Å². The number of benzene rings is 1. The van der Waals surface area contributed by atoms with Crippen molar-refractivity contribution in [2.75, 3.05) is 25.0 Å². The van der Waals surface area contributed by atoms with Gasteiger partial charge in [0.05, 0.1) is 4.47 Å². The topological polar surface area (TPSA) is 32.3 Å². The fourth-order valence-corrected chi connectivity index (χ4v) is 3.19. The molecule has 0 bridgehead atoms. The molecule has 0 atom stereocenters. The second-order valence-corrected chi connectivity index (χ2v) is 6.83. The average molecular weight is 379 g/mol. The maximum absolute atomic E-state index is 13.7. The summed E-state index contributed by atoms with van der Waals surface area (Å²) >= 11 is 3.35. The first-order valence-corrected chi connectivity index (χ1v) is 8.59. The standard InChI is InChI=1S/C17H20BrFN4/c1-22(17-20-10-14(18)11-21-17)15-6-8-23(9-7-15)12-13-4-2-3-5-16(13)19/h2-5,10-11,15H,6-9,12H2,1H3. The van der Waals surface area contributed by atoms with Crippen LogP contribution in [0.2, 0.25) is 0 Å². The second kappa shape index (κ2) is 7.36. The van der Waals surface area contributed by atoms with E-state index in [0.29, 0.717) is 12.6 Å². The van der Waals surface area contributed by atoms with Crippen LogP contribution in [0.1, 0.15) is 18.4 Å². The van der Waals surface area contributed by atoms with Gasteiger partial charge < -0.3 is 4.90 Å². The predicted octanol–water partition coefficient (Wildman–Crippen LogP) is 3.48. The lowest BCUT2D eigenvalue weighted by Gasteiger charge is -2.36. The normalized spacial score (nSPS) is 16.5. The van der Waals surface area contributed by atoms with Gasteiger partial charge in [-0.25, -0.2) is 14.4 Å². The molecule has 2 aromatic rings. The molecule has 0 N–H and O–H groups in total. The van der Waals surface area contributed by atoms with Crippen molar-refractivity contribution in [3.05, 3.63) is 52.5 Å². The maximum Gasteiger partial charge on any atom is 0.225 e. The van der Waals surface area contributed by atoms with Crippen molar-refractivity contribution in [3.63, 3.8) is 0 Å². The predicted molar refractivity (Wildman–Crippen MR) is 92.8 cm³/mol. The van der Waals surface area contributed by atoms with E-state index in [0.717, 1.165) is 41.9 Å². The summed E-state index contributed by atoms with van der Waals surface area (Å²) in [5.74, 6) is 0.635. The quantitative estimate of drug-likeness (QED) is 0.814. The molecule has 4 nitrogen and oxygen atoms in total. The zero-order chi connectivity index (χ0) is 16.2. The van der Waals surface area contributed by atoms with Crippen LogP contribution in [0.15, 0.2) is 41.1 Å². The Labute approximate surface area is 144 Å². The van der Waals surface area contributed by atoms with Gasteiger partial charge >= 0.3 is 0 Å². The smallest absolute Gasteiger partial charge is 0.225 e. The fraction of sp³-hybridized carbons (Fsp3) is 0.412. The van der Waals surface area contributed by atoms with Crippen molar-refractivity contribution in [2.45, 2.75) is 25.4 Å². The van der Waals surface area contributed by atoms with Crippen LogP contribution in [0.4, 0.5) is 10.3 Å². The molecule has 1 saturated heterocycles. The molecule has 122 valence electrons. The lowest BCUT2D eigenvalue weighted by Crippen LogP contribution is -2.43. The molecule has 1 aromatic carbocycles. The molecule has 1 fully saturated rings. The third-order valence-electron chi connectivity index (χ3n) is 4.38. The van der Waals surface area contributed by atoms with E-state index in [1.54, 1.807) is 18.5 Å². The van der Waals surface area contributed by atoms with Gasteiger partial charge in [0.25, 0.3) is 0 Å². The van der Waals surface area contributed by atoms with Gasteiger partial charge in [-0.15, -0.1) is 0 Å². The van der Waals surface area contributed by atoms with Gasteiger partial charge in [0.15, 0.2) is 0 Å². The van der Waals surface area contributed by atoms with Gasteiger partial charge in [-0.1, -0.05) is 18.2 Å². The Bertz CT molecular complexity index is 641. The van der Waals surface area contributed by atoms with E-state index < -0.39 is 0 Å². The minimum absolute atomic E-state index is 0.116. The molecular weight excluding hydrogens is 359 g/mol. The van der Waals surface area contributed by atoms with Gasteiger partial charge in [0.2, 0.25) is 5.95 Å². The number of hydrogen-bond acceptors (Lipinski definition) is 4. The highest BCUT2D eigenvalue weighted by Gasteiger charge is 2.24. The summed E-state index contributed by atoms with van der Waals surface area (Å²) in [6, 6.07) is 7.44. The zero-order valence-electron chi connectivity index (χ0n) is 13.1. The van der Waals surface area contributed by atoms with Crippen LogP contribution in [0.25, 0.3) is 0 Å². The molecule has 0 aliphatic carbocycles. The third kappa shape index (κ3) is 4.06. The Morgan fingerprint density at radius 2 is 1.87 bits per heavy atom. The van der Waals surface area contributed by atoms with Crippen LogP contribution < -0.4 is 4.90 Å². The van der Waals surface area contributed by atoms with E-state index in [4.69, 9.17) is 0 Å². The third-order valence-corrected chi connectivity index (χ3v) is 4.79. The highest BCUT2D eigenvalue weighted by molar-refractivity contribution is 9.10. The molecule has 0 spiro atoms. The SMILES string of the molecule is CN(c1ncc(Br)cn1)C1CCN(Cc2ccccc2F)CC1. The number of nitrogens with zero attached hydrogens (tertiary/aromatic N) is 4. The summed E-state index contributed by atoms with van der Waals surface area (Å²) in [4.78, 5) is 13.2. The Balaban J connectivity index is 1.56. The first kappa shape index (κ1) is 16.3. The molecule has 2 heterocycles. The summed E-state index contributed by atoms with van der Waals surface area (Å²) in [7, 11) is 2.04.